The van der Waals surface area contributed by atoms with Crippen molar-refractivity contribution in [3.8, 4) is 0 Å². The molecule has 88 valence electrons. The number of rotatable bonds is 4. The predicted octanol–water partition coefficient (Wildman–Crippen LogP) is 3.07. The Kier molecular flexibility index (Phi) is 3.75. The summed E-state index contributed by atoms with van der Waals surface area (Å²) >= 11 is 5.40. The van der Waals surface area contributed by atoms with Crippen molar-refractivity contribution in [1.82, 2.24) is 0 Å². The fourth-order valence-electron chi connectivity index (χ4n) is 1.78. The first-order valence-electron chi connectivity index (χ1n) is 5.64. The first-order chi connectivity index (χ1) is 8.15. The fourth-order valence-corrected chi connectivity index (χ4v) is 1.89. The number of nitrogens with zero attached hydrogens (tertiary/aromatic N) is 1. The third-order valence-electron chi connectivity index (χ3n) is 2.84. The first-order valence-corrected chi connectivity index (χ1v) is 6.02. The van der Waals surface area contributed by atoms with Crippen molar-refractivity contribution in [2.24, 2.45) is 4.99 Å². The third-order valence-corrected chi connectivity index (χ3v) is 3.08. The predicted molar refractivity (Wildman–Crippen MR) is 70.7 cm³/mol. The van der Waals surface area contributed by atoms with E-state index >= 15 is 0 Å². The molecule has 1 aromatic carbocycles. The number of halogens is 1. The molecule has 2 nitrogen and oxygen atoms in total. The molecule has 0 saturated carbocycles. The molecule has 1 aromatic rings. The summed E-state index contributed by atoms with van der Waals surface area (Å²) in [5, 5.41) is -0.390. The van der Waals surface area contributed by atoms with Crippen molar-refractivity contribution in [1.29, 1.82) is 0 Å². The summed E-state index contributed by atoms with van der Waals surface area (Å²) in [4.78, 5) is 15.2. The number of aliphatic imine (C=N–C) groups is 1. The third kappa shape index (κ3) is 3.27. The van der Waals surface area contributed by atoms with Crippen molar-refractivity contribution in [2.45, 2.75) is 19.8 Å². The Hall–Kier alpha value is -1.41. The van der Waals surface area contributed by atoms with Gasteiger partial charge in [-0.1, -0.05) is 29.8 Å². The highest BCUT2D eigenvalue weighted by Gasteiger charge is 2.13. The Morgan fingerprint density at radius 3 is 2.59 bits per heavy atom. The quantitative estimate of drug-likeness (QED) is 0.752. The number of allylic oxidation sites excluding steroid dienone is 1. The van der Waals surface area contributed by atoms with Crippen LogP contribution in [-0.2, 0) is 11.2 Å². The van der Waals surface area contributed by atoms with E-state index in [4.69, 9.17) is 11.6 Å². The summed E-state index contributed by atoms with van der Waals surface area (Å²) < 4.78 is 0. The van der Waals surface area contributed by atoms with E-state index in [0.717, 1.165) is 18.6 Å². The Bertz CT molecular complexity index is 485. The van der Waals surface area contributed by atoms with E-state index in [-0.39, 0.29) is 5.24 Å². The van der Waals surface area contributed by atoms with Crippen LogP contribution in [0, 0.1) is 6.92 Å². The van der Waals surface area contributed by atoms with Crippen LogP contribution in [-0.4, -0.2) is 17.5 Å². The molecule has 0 radical (unpaired) electrons. The van der Waals surface area contributed by atoms with Gasteiger partial charge in [0.15, 0.2) is 0 Å². The summed E-state index contributed by atoms with van der Waals surface area (Å²) in [5.74, 6) is 0. The monoisotopic (exact) mass is 247 g/mol. The minimum absolute atomic E-state index is 0.390. The van der Waals surface area contributed by atoms with Gasteiger partial charge in [-0.15, -0.1) is 0 Å². The summed E-state index contributed by atoms with van der Waals surface area (Å²) in [6.07, 6.45) is 3.61. The van der Waals surface area contributed by atoms with Crippen LogP contribution < -0.4 is 0 Å². The van der Waals surface area contributed by atoms with Gasteiger partial charge in [-0.3, -0.25) is 9.79 Å². The summed E-state index contributed by atoms with van der Waals surface area (Å²) in [5.41, 5.74) is 4.12. The molecule has 3 heteroatoms. The highest BCUT2D eigenvalue weighted by Crippen LogP contribution is 2.13. The molecule has 0 unspecified atom stereocenters. The van der Waals surface area contributed by atoms with Crippen LogP contribution in [0.1, 0.15) is 17.5 Å². The molecule has 1 heterocycles. The van der Waals surface area contributed by atoms with Gasteiger partial charge in [0.2, 0.25) is 5.24 Å². The van der Waals surface area contributed by atoms with E-state index in [2.05, 4.69) is 36.2 Å². The molecule has 0 bridgehead atoms. The molecule has 1 aliphatic heterocycles. The molecule has 2 rings (SSSR count). The van der Waals surface area contributed by atoms with Crippen LogP contribution in [0.3, 0.4) is 0 Å². The van der Waals surface area contributed by atoms with E-state index in [9.17, 15) is 4.79 Å². The molecule has 0 fully saturated rings. The lowest BCUT2D eigenvalue weighted by Crippen LogP contribution is -1.96. The van der Waals surface area contributed by atoms with Crippen LogP contribution in [0.4, 0.5) is 0 Å². The molecule has 0 amide bonds. The minimum atomic E-state index is -0.390. The topological polar surface area (TPSA) is 29.4 Å². The Balaban J connectivity index is 1.92. The zero-order chi connectivity index (χ0) is 12.3. The van der Waals surface area contributed by atoms with Crippen LogP contribution in [0.25, 0.3) is 0 Å². The highest BCUT2D eigenvalue weighted by atomic mass is 35.5. The maximum absolute atomic E-state index is 10.9. The van der Waals surface area contributed by atoms with Crippen LogP contribution >= 0.6 is 11.6 Å². The Morgan fingerprint density at radius 1 is 1.29 bits per heavy atom. The smallest absolute Gasteiger partial charge is 0.250 e. The Morgan fingerprint density at radius 2 is 2.00 bits per heavy atom. The summed E-state index contributed by atoms with van der Waals surface area (Å²) in [6.45, 7) is 2.51. The second-order valence-corrected chi connectivity index (χ2v) is 4.58. The molecule has 0 atom stereocenters. The second kappa shape index (κ2) is 5.28. The van der Waals surface area contributed by atoms with Crippen molar-refractivity contribution in [2.75, 3.05) is 6.54 Å². The largest absolute Gasteiger partial charge is 0.285 e. The fraction of sp³-hybridized carbons (Fsp3) is 0.286. The average Bonchev–Trinajstić information content (AvgIpc) is 2.77. The summed E-state index contributed by atoms with van der Waals surface area (Å²) in [7, 11) is 0. The van der Waals surface area contributed by atoms with Crippen LogP contribution in [0.5, 0.6) is 0 Å². The molecule has 0 aliphatic carbocycles. The number of carbonyl (C=O) groups excluding carboxylic acids is 1. The van der Waals surface area contributed by atoms with Gasteiger partial charge in [0.05, 0.1) is 6.54 Å². The summed E-state index contributed by atoms with van der Waals surface area (Å²) in [6, 6.07) is 8.47. The van der Waals surface area contributed by atoms with E-state index in [0.29, 0.717) is 12.1 Å². The zero-order valence-electron chi connectivity index (χ0n) is 9.74. The lowest BCUT2D eigenvalue weighted by atomic mass is 10.1. The first kappa shape index (κ1) is 12.1. The molecule has 0 spiro atoms. The number of carbonyl (C=O) groups is 1. The van der Waals surface area contributed by atoms with Gasteiger partial charge in [-0.2, -0.15) is 0 Å². The number of hydrogen-bond donors (Lipinski definition) is 0. The zero-order valence-corrected chi connectivity index (χ0v) is 10.5. The van der Waals surface area contributed by atoms with Crippen molar-refractivity contribution in [3.63, 3.8) is 0 Å². The van der Waals surface area contributed by atoms with Gasteiger partial charge in [-0.25, -0.2) is 0 Å². The maximum atomic E-state index is 10.9. The number of hydrogen-bond acceptors (Lipinski definition) is 2. The molecule has 1 aliphatic rings. The molecular weight excluding hydrogens is 234 g/mol. The SMILES string of the molecule is Cc1ccc(CCC2=NCC(C(=O)Cl)=C2)cc1. The minimum Gasteiger partial charge on any atom is -0.285 e. The average molecular weight is 248 g/mol. The van der Waals surface area contributed by atoms with Crippen molar-refractivity contribution in [3.05, 3.63) is 47.0 Å². The van der Waals surface area contributed by atoms with Gasteiger partial charge in [-0.05, 0) is 43.0 Å². The van der Waals surface area contributed by atoms with Crippen molar-refractivity contribution >= 4 is 22.6 Å². The van der Waals surface area contributed by atoms with Crippen LogP contribution in [0.2, 0.25) is 0 Å². The molecule has 17 heavy (non-hydrogen) atoms. The standard InChI is InChI=1S/C14H14ClNO/c1-10-2-4-11(5-3-10)6-7-13-8-12(9-16-13)14(15)17/h2-5,8H,6-7,9H2,1H3. The van der Waals surface area contributed by atoms with Crippen molar-refractivity contribution < 1.29 is 4.79 Å². The van der Waals surface area contributed by atoms with Gasteiger partial charge in [0.1, 0.15) is 0 Å². The molecule has 0 N–H and O–H groups in total. The molecular formula is C14H14ClNO. The van der Waals surface area contributed by atoms with Crippen LogP contribution in [0.15, 0.2) is 40.9 Å². The van der Waals surface area contributed by atoms with E-state index in [1.165, 1.54) is 11.1 Å². The normalized spacial score (nSPS) is 14.5. The van der Waals surface area contributed by atoms with E-state index in [1.807, 2.05) is 6.08 Å². The van der Waals surface area contributed by atoms with Gasteiger partial charge in [0, 0.05) is 11.3 Å². The number of aryl methyl sites for hydroxylation is 2. The highest BCUT2D eigenvalue weighted by molar-refractivity contribution is 6.68. The second-order valence-electron chi connectivity index (χ2n) is 4.24. The van der Waals surface area contributed by atoms with Gasteiger partial charge < -0.3 is 0 Å². The van der Waals surface area contributed by atoms with E-state index < -0.39 is 0 Å². The molecule has 0 aromatic heterocycles. The van der Waals surface area contributed by atoms with E-state index in [1.54, 1.807) is 0 Å². The Labute approximate surface area is 106 Å². The number of benzene rings is 1. The van der Waals surface area contributed by atoms with Gasteiger partial charge in [0.25, 0.3) is 0 Å². The maximum Gasteiger partial charge on any atom is 0.250 e. The van der Waals surface area contributed by atoms with Gasteiger partial charge >= 0.3 is 0 Å². The molecule has 0 saturated heterocycles. The lowest BCUT2D eigenvalue weighted by molar-refractivity contribution is -0.108. The lowest BCUT2D eigenvalue weighted by Gasteiger charge is -2.00.